The smallest absolute Gasteiger partial charge is 0.251 e. The van der Waals surface area contributed by atoms with E-state index in [2.05, 4.69) is 10.3 Å². The highest BCUT2D eigenvalue weighted by atomic mass is 32.2. The summed E-state index contributed by atoms with van der Waals surface area (Å²) in [6.45, 7) is 4.29. The number of oxazole rings is 1. The third kappa shape index (κ3) is 5.85. The molecule has 1 heterocycles. The lowest BCUT2D eigenvalue weighted by molar-refractivity contribution is 0.0951. The van der Waals surface area contributed by atoms with Crippen molar-refractivity contribution in [2.45, 2.75) is 35.9 Å². The van der Waals surface area contributed by atoms with Crippen molar-refractivity contribution < 1.29 is 13.4 Å². The van der Waals surface area contributed by atoms with Crippen molar-refractivity contribution in [3.63, 3.8) is 0 Å². The first-order valence-corrected chi connectivity index (χ1v) is 13.4. The fraction of sp³-hybridized carbons (Fsp3) is 0.185. The van der Waals surface area contributed by atoms with Crippen molar-refractivity contribution in [2.75, 3.05) is 6.26 Å². The number of benzene rings is 3. The molecule has 0 aliphatic carbocycles. The quantitative estimate of drug-likeness (QED) is 0.311. The number of nitrogens with zero attached hydrogens (tertiary/aromatic N) is 1. The van der Waals surface area contributed by atoms with Crippen molar-refractivity contribution in [3.05, 3.63) is 101 Å². The molecule has 1 N–H and O–H groups in total. The van der Waals surface area contributed by atoms with Gasteiger partial charge >= 0.3 is 0 Å². The van der Waals surface area contributed by atoms with Crippen molar-refractivity contribution >= 4 is 28.5 Å². The average Bonchev–Trinajstić information content (AvgIpc) is 3.23. The number of thioether (sulfide) groups is 1. The van der Waals surface area contributed by atoms with Crippen LogP contribution in [0.25, 0.3) is 11.5 Å². The highest BCUT2D eigenvalue weighted by Gasteiger charge is 2.16. The summed E-state index contributed by atoms with van der Waals surface area (Å²) in [5.41, 5.74) is 4.17. The van der Waals surface area contributed by atoms with E-state index in [0.717, 1.165) is 21.6 Å². The van der Waals surface area contributed by atoms with Gasteiger partial charge in [-0.25, -0.2) is 4.98 Å². The summed E-state index contributed by atoms with van der Waals surface area (Å²) in [4.78, 5) is 19.1. The van der Waals surface area contributed by atoms with E-state index in [0.29, 0.717) is 29.5 Å². The molecule has 0 aliphatic heterocycles. The lowest BCUT2D eigenvalue weighted by Gasteiger charge is -2.06. The van der Waals surface area contributed by atoms with Crippen LogP contribution >= 0.6 is 11.8 Å². The van der Waals surface area contributed by atoms with E-state index >= 15 is 0 Å². The lowest BCUT2D eigenvalue weighted by atomic mass is 10.1. The van der Waals surface area contributed by atoms with E-state index < -0.39 is 10.8 Å². The van der Waals surface area contributed by atoms with Crippen LogP contribution in [0.1, 0.15) is 32.9 Å². The zero-order valence-corrected chi connectivity index (χ0v) is 21.0. The van der Waals surface area contributed by atoms with Gasteiger partial charge in [-0.1, -0.05) is 29.8 Å². The van der Waals surface area contributed by atoms with E-state index in [1.54, 1.807) is 23.9 Å². The van der Waals surface area contributed by atoms with E-state index in [9.17, 15) is 9.00 Å². The van der Waals surface area contributed by atoms with Gasteiger partial charge in [0.05, 0.1) is 22.2 Å². The van der Waals surface area contributed by atoms with E-state index in [1.165, 1.54) is 4.90 Å². The molecule has 0 radical (unpaired) electrons. The number of hydrogen-bond acceptors (Lipinski definition) is 5. The minimum Gasteiger partial charge on any atom is -0.441 e. The lowest BCUT2D eigenvalue weighted by Crippen LogP contribution is -2.22. The number of rotatable bonds is 8. The van der Waals surface area contributed by atoms with Crippen LogP contribution in [0.3, 0.4) is 0 Å². The third-order valence-electron chi connectivity index (χ3n) is 5.45. The number of amides is 1. The molecule has 34 heavy (non-hydrogen) atoms. The fourth-order valence-corrected chi connectivity index (χ4v) is 4.91. The summed E-state index contributed by atoms with van der Waals surface area (Å²) >= 11 is 1.69. The molecule has 3 aromatic carbocycles. The zero-order valence-electron chi connectivity index (χ0n) is 19.3. The Hall–Kier alpha value is -3.16. The van der Waals surface area contributed by atoms with Gasteiger partial charge in [-0.3, -0.25) is 9.00 Å². The second kappa shape index (κ2) is 10.8. The molecule has 4 rings (SSSR count). The molecule has 7 heteroatoms. The Kier molecular flexibility index (Phi) is 7.65. The molecule has 0 spiro atoms. The molecule has 174 valence electrons. The highest BCUT2D eigenvalue weighted by Crippen LogP contribution is 2.24. The Morgan fingerprint density at radius 2 is 1.65 bits per heavy atom. The van der Waals surface area contributed by atoms with Gasteiger partial charge in [0.1, 0.15) is 5.76 Å². The van der Waals surface area contributed by atoms with Gasteiger partial charge in [0.2, 0.25) is 5.89 Å². The van der Waals surface area contributed by atoms with Gasteiger partial charge in [-0.05, 0) is 74.2 Å². The zero-order chi connectivity index (χ0) is 24.1. The van der Waals surface area contributed by atoms with Crippen LogP contribution in [-0.2, 0) is 23.1 Å². The van der Waals surface area contributed by atoms with Crippen molar-refractivity contribution in [2.24, 2.45) is 0 Å². The van der Waals surface area contributed by atoms with Crippen molar-refractivity contribution in [1.29, 1.82) is 0 Å². The van der Waals surface area contributed by atoms with Gasteiger partial charge in [0.25, 0.3) is 5.91 Å². The molecule has 0 bridgehead atoms. The molecule has 4 aromatic rings. The van der Waals surface area contributed by atoms with Gasteiger partial charge in [-0.15, -0.1) is 11.8 Å². The molecular weight excluding hydrogens is 464 g/mol. The van der Waals surface area contributed by atoms with Crippen molar-refractivity contribution in [3.8, 4) is 11.5 Å². The first kappa shape index (κ1) is 24.0. The second-order valence-electron chi connectivity index (χ2n) is 7.93. The summed E-state index contributed by atoms with van der Waals surface area (Å²) in [7, 11) is -1.20. The minimum absolute atomic E-state index is 0.140. The van der Waals surface area contributed by atoms with E-state index in [4.69, 9.17) is 4.42 Å². The fourth-order valence-electron chi connectivity index (χ4n) is 3.37. The number of hydrogen-bond donors (Lipinski definition) is 1. The summed E-state index contributed by atoms with van der Waals surface area (Å²) in [6, 6.07) is 22.9. The first-order chi connectivity index (χ1) is 16.4. The maximum atomic E-state index is 12.7. The standard InChI is InChI=1S/C27H26N2O3S2/c1-18-4-14-24(15-5-18)34(31)17-25-19(2)32-27(29-25)22-10-8-21(9-11-22)26(30)28-16-20-6-12-23(33-3)13-7-20/h4-15H,16-17H2,1-3H3,(H,28,30). The number of aryl methyl sites for hydroxylation is 2. The SMILES string of the molecule is CSc1ccc(CNC(=O)c2ccc(-c3nc(CS(=O)c4ccc(C)cc4)c(C)o3)cc2)cc1. The predicted octanol–water partition coefficient (Wildman–Crippen LogP) is 5.92. The third-order valence-corrected chi connectivity index (χ3v) is 7.53. The Balaban J connectivity index is 1.39. The Bertz CT molecular complexity index is 1300. The summed E-state index contributed by atoms with van der Waals surface area (Å²) in [5, 5.41) is 2.95. The Labute approximate surface area is 206 Å². The average molecular weight is 491 g/mol. The van der Waals surface area contributed by atoms with E-state index in [1.807, 2.05) is 80.8 Å². The molecule has 5 nitrogen and oxygen atoms in total. The van der Waals surface area contributed by atoms with Gasteiger partial charge < -0.3 is 9.73 Å². The van der Waals surface area contributed by atoms with Crippen LogP contribution in [0.2, 0.25) is 0 Å². The number of aromatic nitrogens is 1. The topological polar surface area (TPSA) is 72.2 Å². The van der Waals surface area contributed by atoms with Crippen LogP contribution in [0.4, 0.5) is 0 Å². The van der Waals surface area contributed by atoms with Gasteiger partial charge in [0.15, 0.2) is 0 Å². The Morgan fingerprint density at radius 1 is 0.971 bits per heavy atom. The number of carbonyl (C=O) groups excluding carboxylic acids is 1. The van der Waals surface area contributed by atoms with Crippen LogP contribution in [0.5, 0.6) is 0 Å². The van der Waals surface area contributed by atoms with Gasteiger partial charge in [0, 0.05) is 27.5 Å². The predicted molar refractivity (Wildman–Crippen MR) is 137 cm³/mol. The maximum Gasteiger partial charge on any atom is 0.251 e. The molecule has 0 aliphatic rings. The molecule has 1 aromatic heterocycles. The van der Waals surface area contributed by atoms with Crippen molar-refractivity contribution in [1.82, 2.24) is 10.3 Å². The first-order valence-electron chi connectivity index (χ1n) is 10.9. The van der Waals surface area contributed by atoms with E-state index in [-0.39, 0.29) is 11.7 Å². The minimum atomic E-state index is -1.20. The monoisotopic (exact) mass is 490 g/mol. The molecule has 1 amide bonds. The normalized spacial score (nSPS) is 11.9. The number of nitrogens with one attached hydrogen (secondary N) is 1. The molecular formula is C27H26N2O3S2. The Morgan fingerprint density at radius 3 is 2.29 bits per heavy atom. The van der Waals surface area contributed by atoms with Crippen LogP contribution < -0.4 is 5.32 Å². The molecule has 1 atom stereocenters. The highest BCUT2D eigenvalue weighted by molar-refractivity contribution is 7.98. The largest absolute Gasteiger partial charge is 0.441 e. The van der Waals surface area contributed by atoms with Gasteiger partial charge in [-0.2, -0.15) is 0 Å². The summed E-state index contributed by atoms with van der Waals surface area (Å²) in [5.74, 6) is 1.24. The van der Waals surface area contributed by atoms with Crippen LogP contribution in [0.15, 0.2) is 87.0 Å². The summed E-state index contributed by atoms with van der Waals surface area (Å²) in [6.07, 6.45) is 2.03. The number of carbonyl (C=O) groups is 1. The summed E-state index contributed by atoms with van der Waals surface area (Å²) < 4.78 is 18.6. The van der Waals surface area contributed by atoms with Crippen LogP contribution in [-0.4, -0.2) is 21.4 Å². The molecule has 1 unspecified atom stereocenters. The molecule has 0 saturated heterocycles. The molecule has 0 saturated carbocycles. The maximum absolute atomic E-state index is 12.7. The van der Waals surface area contributed by atoms with Crippen LogP contribution in [0, 0.1) is 13.8 Å². The second-order valence-corrected chi connectivity index (χ2v) is 10.3. The molecule has 0 fully saturated rings.